The number of aromatic nitrogens is 2. The maximum atomic E-state index is 12.1. The van der Waals surface area contributed by atoms with Gasteiger partial charge in [0.15, 0.2) is 0 Å². The van der Waals surface area contributed by atoms with Crippen LogP contribution < -0.4 is 5.56 Å². The molecule has 0 saturated carbocycles. The zero-order valence-corrected chi connectivity index (χ0v) is 14.0. The summed E-state index contributed by atoms with van der Waals surface area (Å²) < 4.78 is 2.23. The number of hydrogen-bond acceptors (Lipinski definition) is 2. The number of rotatable bonds is 4. The van der Waals surface area contributed by atoms with Gasteiger partial charge in [-0.3, -0.25) is 4.79 Å². The Hall–Kier alpha value is -2.82. The standard InChI is InChI=1S/C19H20N2O3/c1-4-12-10-15(19(23)24)18(22)20-17(12)13-6-7-16-14(9-13)8-11(3)21(16)5-2/h6-10H,4-5H2,1-3H3,(H,20,22)(H,23,24). The Kier molecular flexibility index (Phi) is 4.01. The molecule has 0 aliphatic heterocycles. The quantitative estimate of drug-likeness (QED) is 0.770. The molecule has 0 aliphatic rings. The molecule has 0 saturated heterocycles. The summed E-state index contributed by atoms with van der Waals surface area (Å²) in [6.07, 6.45) is 0.638. The Morgan fingerprint density at radius 3 is 2.58 bits per heavy atom. The second kappa shape index (κ2) is 6.00. The number of hydrogen-bond donors (Lipinski definition) is 2. The van der Waals surface area contributed by atoms with Crippen LogP contribution in [0.25, 0.3) is 22.2 Å². The lowest BCUT2D eigenvalue weighted by Crippen LogP contribution is -2.19. The molecule has 2 aromatic heterocycles. The third-order valence-electron chi connectivity index (χ3n) is 4.45. The molecule has 0 fully saturated rings. The fourth-order valence-electron chi connectivity index (χ4n) is 3.25. The van der Waals surface area contributed by atoms with Gasteiger partial charge < -0.3 is 14.7 Å². The van der Waals surface area contributed by atoms with Crippen LogP contribution in [-0.2, 0) is 13.0 Å². The lowest BCUT2D eigenvalue weighted by atomic mass is 10.0. The maximum Gasteiger partial charge on any atom is 0.341 e. The number of aromatic amines is 1. The molecule has 1 aromatic carbocycles. The van der Waals surface area contributed by atoms with E-state index in [0.717, 1.165) is 28.6 Å². The van der Waals surface area contributed by atoms with Gasteiger partial charge in [-0.25, -0.2) is 4.79 Å². The fourth-order valence-corrected chi connectivity index (χ4v) is 3.25. The molecule has 3 rings (SSSR count). The third-order valence-corrected chi connectivity index (χ3v) is 4.45. The summed E-state index contributed by atoms with van der Waals surface area (Å²) in [7, 11) is 0. The van der Waals surface area contributed by atoms with Gasteiger partial charge in [-0.2, -0.15) is 0 Å². The predicted octanol–water partition coefficient (Wildman–Crippen LogP) is 3.59. The Morgan fingerprint density at radius 1 is 1.21 bits per heavy atom. The van der Waals surface area contributed by atoms with Gasteiger partial charge in [-0.15, -0.1) is 0 Å². The molecular formula is C19H20N2O3. The summed E-state index contributed by atoms with van der Waals surface area (Å²) in [5, 5.41) is 10.2. The molecule has 3 aromatic rings. The second-order valence-electron chi connectivity index (χ2n) is 5.87. The average Bonchev–Trinajstić information content (AvgIpc) is 2.88. The van der Waals surface area contributed by atoms with E-state index >= 15 is 0 Å². The van der Waals surface area contributed by atoms with Gasteiger partial charge in [0.05, 0.1) is 5.69 Å². The van der Waals surface area contributed by atoms with Gasteiger partial charge in [0.25, 0.3) is 5.56 Å². The normalized spacial score (nSPS) is 11.1. The lowest BCUT2D eigenvalue weighted by molar-refractivity contribution is 0.0695. The van der Waals surface area contributed by atoms with E-state index in [2.05, 4.69) is 29.5 Å². The van der Waals surface area contributed by atoms with Crippen molar-refractivity contribution in [2.75, 3.05) is 0 Å². The highest BCUT2D eigenvalue weighted by Crippen LogP contribution is 2.27. The minimum absolute atomic E-state index is 0.218. The highest BCUT2D eigenvalue weighted by molar-refractivity contribution is 5.89. The number of benzene rings is 1. The van der Waals surface area contributed by atoms with Crippen molar-refractivity contribution in [3.8, 4) is 11.3 Å². The van der Waals surface area contributed by atoms with Crippen LogP contribution in [0.5, 0.6) is 0 Å². The summed E-state index contributed by atoms with van der Waals surface area (Å²) in [6, 6.07) is 9.66. The smallest absolute Gasteiger partial charge is 0.341 e. The molecule has 0 spiro atoms. The molecule has 0 amide bonds. The zero-order valence-electron chi connectivity index (χ0n) is 14.0. The Balaban J connectivity index is 2.22. The maximum absolute atomic E-state index is 12.1. The largest absolute Gasteiger partial charge is 0.477 e. The molecule has 0 aliphatic carbocycles. The van der Waals surface area contributed by atoms with Crippen LogP contribution in [-0.4, -0.2) is 20.6 Å². The number of nitrogens with one attached hydrogen (secondary N) is 1. The van der Waals surface area contributed by atoms with Crippen LogP contribution in [0.3, 0.4) is 0 Å². The molecule has 5 heteroatoms. The number of carboxylic acids is 1. The molecule has 24 heavy (non-hydrogen) atoms. The van der Waals surface area contributed by atoms with Gasteiger partial charge in [-0.1, -0.05) is 13.0 Å². The van der Waals surface area contributed by atoms with Gasteiger partial charge >= 0.3 is 5.97 Å². The van der Waals surface area contributed by atoms with Gasteiger partial charge in [0, 0.05) is 23.1 Å². The number of aromatic carboxylic acids is 1. The highest BCUT2D eigenvalue weighted by Gasteiger charge is 2.15. The van der Waals surface area contributed by atoms with Crippen molar-refractivity contribution in [1.29, 1.82) is 0 Å². The molecule has 0 bridgehead atoms. The first-order valence-corrected chi connectivity index (χ1v) is 8.06. The first-order valence-electron chi connectivity index (χ1n) is 8.06. The summed E-state index contributed by atoms with van der Waals surface area (Å²) in [4.78, 5) is 26.0. The van der Waals surface area contributed by atoms with Crippen molar-refractivity contribution in [2.45, 2.75) is 33.7 Å². The number of fused-ring (bicyclic) bond motifs is 1. The van der Waals surface area contributed by atoms with Crippen LogP contribution >= 0.6 is 0 Å². The SMILES string of the molecule is CCc1cc(C(=O)O)c(=O)[nH]c1-c1ccc2c(c1)cc(C)n2CC. The van der Waals surface area contributed by atoms with E-state index in [1.807, 2.05) is 25.1 Å². The summed E-state index contributed by atoms with van der Waals surface area (Å²) in [5.41, 5.74) is 3.95. The van der Waals surface area contributed by atoms with E-state index < -0.39 is 11.5 Å². The minimum Gasteiger partial charge on any atom is -0.477 e. The van der Waals surface area contributed by atoms with Crippen LogP contribution in [0.1, 0.15) is 35.5 Å². The monoisotopic (exact) mass is 324 g/mol. The number of nitrogens with zero attached hydrogens (tertiary/aromatic N) is 1. The molecule has 0 unspecified atom stereocenters. The van der Waals surface area contributed by atoms with Crippen LogP contribution in [0.15, 0.2) is 35.1 Å². The molecular weight excluding hydrogens is 304 g/mol. The molecule has 0 radical (unpaired) electrons. The number of H-pyrrole nitrogens is 1. The predicted molar refractivity (Wildman–Crippen MR) is 94.7 cm³/mol. The fraction of sp³-hybridized carbons (Fsp3) is 0.263. The van der Waals surface area contributed by atoms with E-state index in [0.29, 0.717) is 12.1 Å². The van der Waals surface area contributed by atoms with E-state index in [-0.39, 0.29) is 5.56 Å². The average molecular weight is 324 g/mol. The van der Waals surface area contributed by atoms with E-state index in [9.17, 15) is 9.59 Å². The van der Waals surface area contributed by atoms with Gasteiger partial charge in [-0.05, 0) is 55.7 Å². The van der Waals surface area contributed by atoms with Gasteiger partial charge in [0.1, 0.15) is 5.56 Å². The molecule has 2 heterocycles. The molecule has 124 valence electrons. The zero-order chi connectivity index (χ0) is 17.4. The highest BCUT2D eigenvalue weighted by atomic mass is 16.4. The lowest BCUT2D eigenvalue weighted by Gasteiger charge is -2.10. The summed E-state index contributed by atoms with van der Waals surface area (Å²) >= 11 is 0. The van der Waals surface area contributed by atoms with Crippen molar-refractivity contribution < 1.29 is 9.90 Å². The van der Waals surface area contributed by atoms with Crippen molar-refractivity contribution >= 4 is 16.9 Å². The minimum atomic E-state index is -1.21. The Labute approximate surface area is 139 Å². The molecule has 0 atom stereocenters. The van der Waals surface area contributed by atoms with Crippen LogP contribution in [0.2, 0.25) is 0 Å². The van der Waals surface area contributed by atoms with E-state index in [1.165, 1.54) is 11.8 Å². The van der Waals surface area contributed by atoms with Crippen molar-refractivity contribution in [3.63, 3.8) is 0 Å². The number of carbonyl (C=O) groups is 1. The topological polar surface area (TPSA) is 75.1 Å². The Bertz CT molecular complexity index is 996. The first-order chi connectivity index (χ1) is 11.5. The van der Waals surface area contributed by atoms with Gasteiger partial charge in [0.2, 0.25) is 0 Å². The summed E-state index contributed by atoms with van der Waals surface area (Å²) in [6.45, 7) is 7.03. The number of pyridine rings is 1. The van der Waals surface area contributed by atoms with Crippen LogP contribution in [0, 0.1) is 6.92 Å². The third kappa shape index (κ3) is 2.52. The van der Waals surface area contributed by atoms with E-state index in [1.54, 1.807) is 0 Å². The molecule has 5 nitrogen and oxygen atoms in total. The second-order valence-corrected chi connectivity index (χ2v) is 5.87. The first kappa shape index (κ1) is 16.1. The van der Waals surface area contributed by atoms with Crippen LogP contribution in [0.4, 0.5) is 0 Å². The summed E-state index contributed by atoms with van der Waals surface area (Å²) in [5.74, 6) is -1.21. The van der Waals surface area contributed by atoms with Crippen molar-refractivity contribution in [2.24, 2.45) is 0 Å². The van der Waals surface area contributed by atoms with Crippen molar-refractivity contribution in [1.82, 2.24) is 9.55 Å². The number of carboxylic acid groups (broad SMARTS) is 1. The van der Waals surface area contributed by atoms with E-state index in [4.69, 9.17) is 5.11 Å². The van der Waals surface area contributed by atoms with Crippen molar-refractivity contribution in [3.05, 3.63) is 57.5 Å². The Morgan fingerprint density at radius 2 is 1.96 bits per heavy atom. The molecule has 2 N–H and O–H groups in total. The number of aryl methyl sites for hydroxylation is 3.